The normalized spacial score (nSPS) is 17.2. The molecule has 2 aromatic carbocycles. The van der Waals surface area contributed by atoms with Gasteiger partial charge in [-0.3, -0.25) is 0 Å². The van der Waals surface area contributed by atoms with Crippen molar-refractivity contribution < 1.29 is 52.7 Å². The molecule has 1 atom stereocenters. The standard InChI is InChI=1S/C31H35F9N4O3S/c1-4-42-19-25(47-12-13-48(3,45)46)18-41-28(42)44(20(2)21-14-23(30(35,36)37)16-24(15-21)31(38,39)40)27-17-22(29(32,33)34)8-9-26(27)43-10-6-5-7-11-43/h8-9,14-18,20H,4-7,10-13,19H2,1-3H3. The first-order valence-corrected chi connectivity index (χ1v) is 17.1. The minimum absolute atomic E-state index is 0.0106. The van der Waals surface area contributed by atoms with E-state index in [4.69, 9.17) is 4.74 Å². The summed E-state index contributed by atoms with van der Waals surface area (Å²) in [6.45, 7) is 3.76. The van der Waals surface area contributed by atoms with Crippen LogP contribution in [-0.4, -0.2) is 64.1 Å². The van der Waals surface area contributed by atoms with Crippen LogP contribution in [-0.2, 0) is 33.1 Å². The van der Waals surface area contributed by atoms with Gasteiger partial charge in [0.2, 0.25) is 5.96 Å². The number of halogens is 9. The lowest BCUT2D eigenvalue weighted by Crippen LogP contribution is -2.48. The lowest BCUT2D eigenvalue weighted by Gasteiger charge is -2.42. The van der Waals surface area contributed by atoms with Gasteiger partial charge in [0, 0.05) is 25.9 Å². The molecule has 2 aliphatic rings. The maximum Gasteiger partial charge on any atom is 0.416 e. The van der Waals surface area contributed by atoms with Crippen molar-refractivity contribution in [2.45, 2.75) is 57.7 Å². The van der Waals surface area contributed by atoms with Crippen molar-refractivity contribution in [1.82, 2.24) is 4.90 Å². The fourth-order valence-electron chi connectivity index (χ4n) is 5.54. The number of ether oxygens (including phenoxy) is 1. The maximum absolute atomic E-state index is 14.1. The van der Waals surface area contributed by atoms with Crippen molar-refractivity contribution in [3.8, 4) is 0 Å². The van der Waals surface area contributed by atoms with Crippen LogP contribution >= 0.6 is 0 Å². The van der Waals surface area contributed by atoms with Crippen LogP contribution in [0.1, 0.15) is 61.4 Å². The number of benzene rings is 2. The van der Waals surface area contributed by atoms with Crippen molar-refractivity contribution in [1.29, 1.82) is 0 Å². The molecule has 2 aromatic rings. The number of nitrogens with zero attached hydrogens (tertiary/aromatic N) is 4. The zero-order chi connectivity index (χ0) is 35.7. The summed E-state index contributed by atoms with van der Waals surface area (Å²) in [5.74, 6) is -0.156. The molecule has 266 valence electrons. The predicted octanol–water partition coefficient (Wildman–Crippen LogP) is 7.90. The topological polar surface area (TPSA) is 65.5 Å². The summed E-state index contributed by atoms with van der Waals surface area (Å²) >= 11 is 0. The summed E-state index contributed by atoms with van der Waals surface area (Å²) in [5.41, 5.74) is -4.49. The Bertz CT molecular complexity index is 1600. The number of rotatable bonds is 9. The van der Waals surface area contributed by atoms with Crippen LogP contribution in [0.3, 0.4) is 0 Å². The maximum atomic E-state index is 14.1. The number of likely N-dealkylation sites (N-methyl/N-ethyl adjacent to an activating group) is 1. The van der Waals surface area contributed by atoms with E-state index in [-0.39, 0.29) is 48.9 Å². The van der Waals surface area contributed by atoms with Gasteiger partial charge in [-0.1, -0.05) is 0 Å². The quantitative estimate of drug-likeness (QED) is 0.246. The van der Waals surface area contributed by atoms with Gasteiger partial charge in [0.25, 0.3) is 0 Å². The summed E-state index contributed by atoms with van der Waals surface area (Å²) < 4.78 is 155. The second-order valence-electron chi connectivity index (χ2n) is 11.7. The van der Waals surface area contributed by atoms with Crippen LogP contribution in [0.5, 0.6) is 0 Å². The van der Waals surface area contributed by atoms with Crippen molar-refractivity contribution in [3.63, 3.8) is 0 Å². The van der Waals surface area contributed by atoms with Crippen molar-refractivity contribution in [2.24, 2.45) is 4.99 Å². The van der Waals surface area contributed by atoms with Crippen LogP contribution in [0.25, 0.3) is 0 Å². The zero-order valence-corrected chi connectivity index (χ0v) is 27.1. The molecule has 1 saturated heterocycles. The number of hydrogen-bond donors (Lipinski definition) is 0. The summed E-state index contributed by atoms with van der Waals surface area (Å²) in [4.78, 5) is 9.00. The van der Waals surface area contributed by atoms with E-state index in [0.717, 1.165) is 37.7 Å². The fourth-order valence-corrected chi connectivity index (χ4v) is 5.93. The highest BCUT2D eigenvalue weighted by Gasteiger charge is 2.40. The molecule has 2 heterocycles. The smallest absolute Gasteiger partial charge is 0.416 e. The number of alkyl halides is 9. The third kappa shape index (κ3) is 9.08. The van der Waals surface area contributed by atoms with Crippen LogP contribution < -0.4 is 9.80 Å². The molecule has 1 unspecified atom stereocenters. The average Bonchev–Trinajstić information content (AvgIpc) is 3.00. The molecule has 0 spiro atoms. The average molecular weight is 715 g/mol. The monoisotopic (exact) mass is 714 g/mol. The third-order valence-electron chi connectivity index (χ3n) is 8.03. The first kappa shape index (κ1) is 37.2. The summed E-state index contributed by atoms with van der Waals surface area (Å²) in [6, 6.07) is 2.66. The molecule has 0 N–H and O–H groups in total. The van der Waals surface area contributed by atoms with E-state index in [0.29, 0.717) is 30.9 Å². The highest BCUT2D eigenvalue weighted by Crippen LogP contribution is 2.44. The Hall–Kier alpha value is -3.63. The van der Waals surface area contributed by atoms with Gasteiger partial charge in [-0.15, -0.1) is 0 Å². The molecule has 2 aliphatic heterocycles. The second kappa shape index (κ2) is 14.1. The van der Waals surface area contributed by atoms with Crippen LogP contribution in [0.4, 0.5) is 50.9 Å². The van der Waals surface area contributed by atoms with E-state index in [1.165, 1.54) is 29.0 Å². The van der Waals surface area contributed by atoms with Crippen molar-refractivity contribution in [2.75, 3.05) is 54.6 Å². The van der Waals surface area contributed by atoms with E-state index in [9.17, 15) is 47.9 Å². The molecule has 0 saturated carbocycles. The molecular weight excluding hydrogens is 679 g/mol. The number of guanidine groups is 1. The molecule has 0 bridgehead atoms. The molecule has 0 radical (unpaired) electrons. The van der Waals surface area contributed by atoms with Gasteiger partial charge in [-0.25, -0.2) is 13.4 Å². The fraction of sp³-hybridized carbons (Fsp3) is 0.516. The number of hydrogen-bond acceptors (Lipinski definition) is 7. The summed E-state index contributed by atoms with van der Waals surface area (Å²) in [6.07, 6.45) is -10.6. The van der Waals surface area contributed by atoms with Gasteiger partial charge < -0.3 is 19.4 Å². The van der Waals surface area contributed by atoms with Crippen molar-refractivity contribution in [3.05, 3.63) is 70.6 Å². The first-order chi connectivity index (χ1) is 22.2. The molecule has 17 heteroatoms. The van der Waals surface area contributed by atoms with Crippen LogP contribution in [0.2, 0.25) is 0 Å². The Morgan fingerprint density at radius 3 is 1.98 bits per heavy atom. The summed E-state index contributed by atoms with van der Waals surface area (Å²) in [5, 5.41) is 0. The number of anilines is 2. The SMILES string of the molecule is CCN1CC(OCCS(C)(=O)=O)=CN=C1N(c1cc(C(F)(F)F)ccc1N1CCCCC1)C(C)c1cc(C(F)(F)F)cc(C(F)(F)F)c1. The van der Waals surface area contributed by atoms with E-state index in [1.54, 1.807) is 6.92 Å². The molecule has 0 amide bonds. The minimum atomic E-state index is -5.16. The van der Waals surface area contributed by atoms with Gasteiger partial charge in [-0.05, 0) is 75.1 Å². The Morgan fingerprint density at radius 2 is 1.46 bits per heavy atom. The largest absolute Gasteiger partial charge is 0.493 e. The Balaban J connectivity index is 1.97. The second-order valence-corrected chi connectivity index (χ2v) is 13.9. The highest BCUT2D eigenvalue weighted by molar-refractivity contribution is 7.90. The van der Waals surface area contributed by atoms with Gasteiger partial charge in [0.05, 0.1) is 52.6 Å². The predicted molar refractivity (Wildman–Crippen MR) is 163 cm³/mol. The van der Waals surface area contributed by atoms with E-state index in [1.807, 2.05) is 4.90 Å². The van der Waals surface area contributed by atoms with Gasteiger partial charge >= 0.3 is 18.5 Å². The van der Waals surface area contributed by atoms with E-state index < -0.39 is 56.7 Å². The third-order valence-corrected chi connectivity index (χ3v) is 8.94. The Morgan fingerprint density at radius 1 is 0.875 bits per heavy atom. The highest BCUT2D eigenvalue weighted by atomic mass is 32.2. The van der Waals surface area contributed by atoms with Crippen molar-refractivity contribution >= 4 is 27.2 Å². The van der Waals surface area contributed by atoms with Gasteiger partial charge in [0.1, 0.15) is 12.4 Å². The molecule has 4 rings (SSSR count). The molecule has 7 nitrogen and oxygen atoms in total. The number of sulfone groups is 1. The molecule has 1 fully saturated rings. The Labute approximate surface area is 272 Å². The lowest BCUT2D eigenvalue weighted by atomic mass is 9.98. The lowest BCUT2D eigenvalue weighted by molar-refractivity contribution is -0.143. The molecular formula is C31H35F9N4O3S. The first-order valence-electron chi connectivity index (χ1n) is 15.1. The van der Waals surface area contributed by atoms with E-state index >= 15 is 0 Å². The van der Waals surface area contributed by atoms with Gasteiger partial charge in [0.15, 0.2) is 9.84 Å². The van der Waals surface area contributed by atoms with Crippen LogP contribution in [0.15, 0.2) is 53.3 Å². The van der Waals surface area contributed by atoms with E-state index in [2.05, 4.69) is 4.99 Å². The Kier molecular flexibility index (Phi) is 10.9. The zero-order valence-electron chi connectivity index (χ0n) is 26.3. The minimum Gasteiger partial charge on any atom is -0.493 e. The number of aliphatic imine (C=N–C) groups is 1. The van der Waals surface area contributed by atoms with Crippen LogP contribution in [0, 0.1) is 0 Å². The number of piperidine rings is 1. The molecule has 0 aliphatic carbocycles. The van der Waals surface area contributed by atoms with Gasteiger partial charge in [-0.2, -0.15) is 39.5 Å². The molecule has 0 aromatic heterocycles. The summed E-state index contributed by atoms with van der Waals surface area (Å²) in [7, 11) is -3.37. The molecule has 48 heavy (non-hydrogen) atoms.